The first-order valence-corrected chi connectivity index (χ1v) is 7.05. The van der Waals surface area contributed by atoms with Crippen molar-refractivity contribution in [1.82, 2.24) is 10.2 Å². The maximum atomic E-state index is 5.50. The van der Waals surface area contributed by atoms with Crippen LogP contribution in [0.1, 0.15) is 6.92 Å². The molecular weight excluding hydrogens is 238 g/mol. The van der Waals surface area contributed by atoms with Crippen LogP contribution in [0.4, 0.5) is 5.69 Å². The van der Waals surface area contributed by atoms with E-state index in [0.29, 0.717) is 6.04 Å². The molecule has 1 atom stereocenters. The van der Waals surface area contributed by atoms with Crippen LogP contribution in [-0.2, 0) is 0 Å². The van der Waals surface area contributed by atoms with Crippen molar-refractivity contribution < 1.29 is 4.74 Å². The highest BCUT2D eigenvalue weighted by Gasteiger charge is 2.22. The molecule has 1 unspecified atom stereocenters. The van der Waals surface area contributed by atoms with E-state index in [9.17, 15) is 0 Å². The zero-order chi connectivity index (χ0) is 13.7. The number of rotatable bonds is 5. The number of anilines is 1. The van der Waals surface area contributed by atoms with Gasteiger partial charge in [-0.15, -0.1) is 0 Å². The van der Waals surface area contributed by atoms with Crippen molar-refractivity contribution in [2.45, 2.75) is 13.0 Å². The fourth-order valence-corrected chi connectivity index (χ4v) is 2.59. The third-order valence-electron chi connectivity index (χ3n) is 3.41. The summed E-state index contributed by atoms with van der Waals surface area (Å²) < 4.78 is 5.50. The van der Waals surface area contributed by atoms with Gasteiger partial charge < -0.3 is 19.9 Å². The lowest BCUT2D eigenvalue weighted by atomic mass is 10.1. The van der Waals surface area contributed by atoms with Crippen LogP contribution in [-0.4, -0.2) is 57.8 Å². The van der Waals surface area contributed by atoms with Crippen LogP contribution in [0.5, 0.6) is 5.75 Å². The van der Waals surface area contributed by atoms with Crippen molar-refractivity contribution in [3.05, 3.63) is 24.3 Å². The molecule has 1 fully saturated rings. The number of nitrogens with one attached hydrogen (secondary N) is 1. The van der Waals surface area contributed by atoms with E-state index in [-0.39, 0.29) is 0 Å². The Balaban J connectivity index is 2.08. The van der Waals surface area contributed by atoms with E-state index in [1.807, 2.05) is 6.92 Å². The molecule has 19 heavy (non-hydrogen) atoms. The maximum absolute atomic E-state index is 5.50. The lowest BCUT2D eigenvalue weighted by Crippen LogP contribution is -2.55. The maximum Gasteiger partial charge on any atom is 0.119 e. The van der Waals surface area contributed by atoms with E-state index in [0.717, 1.165) is 38.5 Å². The molecule has 1 aliphatic heterocycles. The van der Waals surface area contributed by atoms with E-state index in [4.69, 9.17) is 4.74 Å². The second kappa shape index (κ2) is 6.78. The van der Waals surface area contributed by atoms with Crippen LogP contribution >= 0.6 is 0 Å². The first-order chi connectivity index (χ1) is 9.20. The van der Waals surface area contributed by atoms with Gasteiger partial charge in [-0.05, 0) is 45.3 Å². The standard InChI is InChI=1S/C15H25N3O/c1-4-19-15-7-5-13(6-8-15)18-10-9-16-11-14(18)12-17(2)3/h5-8,14,16H,4,9-12H2,1-3H3. The summed E-state index contributed by atoms with van der Waals surface area (Å²) in [6.07, 6.45) is 0. The number of piperazine rings is 1. The van der Waals surface area contributed by atoms with Crippen LogP contribution in [0.2, 0.25) is 0 Å². The van der Waals surface area contributed by atoms with Gasteiger partial charge in [-0.2, -0.15) is 0 Å². The summed E-state index contributed by atoms with van der Waals surface area (Å²) in [6, 6.07) is 8.99. The van der Waals surface area contributed by atoms with Gasteiger partial charge in [0.25, 0.3) is 0 Å². The van der Waals surface area contributed by atoms with Gasteiger partial charge in [0, 0.05) is 31.9 Å². The van der Waals surface area contributed by atoms with E-state index in [2.05, 4.69) is 53.5 Å². The van der Waals surface area contributed by atoms with Crippen LogP contribution < -0.4 is 15.0 Å². The summed E-state index contributed by atoms with van der Waals surface area (Å²) in [5, 5.41) is 3.48. The van der Waals surface area contributed by atoms with Gasteiger partial charge in [-0.1, -0.05) is 0 Å². The monoisotopic (exact) mass is 263 g/mol. The van der Waals surface area contributed by atoms with Gasteiger partial charge in [0.1, 0.15) is 5.75 Å². The first kappa shape index (κ1) is 14.2. The molecule has 1 saturated heterocycles. The smallest absolute Gasteiger partial charge is 0.119 e. The minimum atomic E-state index is 0.529. The third-order valence-corrected chi connectivity index (χ3v) is 3.41. The number of benzene rings is 1. The number of hydrogen-bond donors (Lipinski definition) is 1. The van der Waals surface area contributed by atoms with E-state index < -0.39 is 0 Å². The molecule has 1 heterocycles. The zero-order valence-electron chi connectivity index (χ0n) is 12.2. The van der Waals surface area contributed by atoms with Crippen molar-refractivity contribution >= 4 is 5.69 Å². The molecular formula is C15H25N3O. The highest BCUT2D eigenvalue weighted by molar-refractivity contribution is 5.50. The molecule has 1 aromatic carbocycles. The second-order valence-corrected chi connectivity index (χ2v) is 5.24. The SMILES string of the molecule is CCOc1ccc(N2CCNCC2CN(C)C)cc1. The van der Waals surface area contributed by atoms with Crippen molar-refractivity contribution in [2.75, 3.05) is 51.8 Å². The van der Waals surface area contributed by atoms with Crippen molar-refractivity contribution in [3.8, 4) is 5.75 Å². The number of ether oxygens (including phenoxy) is 1. The Bertz CT molecular complexity index is 377. The summed E-state index contributed by atoms with van der Waals surface area (Å²) in [5.41, 5.74) is 1.29. The molecule has 0 saturated carbocycles. The Morgan fingerprint density at radius 3 is 2.68 bits per heavy atom. The van der Waals surface area contributed by atoms with Gasteiger partial charge in [0.05, 0.1) is 12.6 Å². The molecule has 0 bridgehead atoms. The molecule has 1 aliphatic rings. The summed E-state index contributed by atoms with van der Waals surface area (Å²) in [4.78, 5) is 4.74. The lowest BCUT2D eigenvalue weighted by molar-refractivity contribution is 0.335. The van der Waals surface area contributed by atoms with Crippen LogP contribution in [0.25, 0.3) is 0 Å². The highest BCUT2D eigenvalue weighted by Crippen LogP contribution is 2.22. The molecule has 0 aliphatic carbocycles. The predicted octanol–water partition coefficient (Wildman–Crippen LogP) is 1.43. The first-order valence-electron chi connectivity index (χ1n) is 7.05. The fourth-order valence-electron chi connectivity index (χ4n) is 2.59. The van der Waals surface area contributed by atoms with Crippen LogP contribution in [0.15, 0.2) is 24.3 Å². The molecule has 0 aromatic heterocycles. The fraction of sp³-hybridized carbons (Fsp3) is 0.600. The molecule has 1 N–H and O–H groups in total. The van der Waals surface area contributed by atoms with Crippen molar-refractivity contribution in [2.24, 2.45) is 0 Å². The molecule has 106 valence electrons. The van der Waals surface area contributed by atoms with E-state index >= 15 is 0 Å². The molecule has 4 nitrogen and oxygen atoms in total. The van der Waals surface area contributed by atoms with Crippen LogP contribution in [0.3, 0.4) is 0 Å². The minimum absolute atomic E-state index is 0.529. The predicted molar refractivity (Wildman–Crippen MR) is 80.2 cm³/mol. The summed E-state index contributed by atoms with van der Waals surface area (Å²) in [5.74, 6) is 0.950. The molecule has 0 amide bonds. The summed E-state index contributed by atoms with van der Waals surface area (Å²) in [7, 11) is 4.26. The zero-order valence-corrected chi connectivity index (χ0v) is 12.2. The Kier molecular flexibility index (Phi) is 5.05. The van der Waals surface area contributed by atoms with Gasteiger partial charge in [0.2, 0.25) is 0 Å². The highest BCUT2D eigenvalue weighted by atomic mass is 16.5. The Hall–Kier alpha value is -1.26. The Labute approximate surface area is 116 Å². The lowest BCUT2D eigenvalue weighted by Gasteiger charge is -2.39. The number of hydrogen-bond acceptors (Lipinski definition) is 4. The average Bonchev–Trinajstić information content (AvgIpc) is 2.40. The normalized spacial score (nSPS) is 19.8. The topological polar surface area (TPSA) is 27.7 Å². The molecule has 0 spiro atoms. The molecule has 0 radical (unpaired) electrons. The van der Waals surface area contributed by atoms with Crippen LogP contribution in [0, 0.1) is 0 Å². The van der Waals surface area contributed by atoms with E-state index in [1.165, 1.54) is 5.69 Å². The molecule has 1 aromatic rings. The van der Waals surface area contributed by atoms with Gasteiger partial charge >= 0.3 is 0 Å². The number of likely N-dealkylation sites (N-methyl/N-ethyl adjacent to an activating group) is 1. The van der Waals surface area contributed by atoms with Crippen molar-refractivity contribution in [3.63, 3.8) is 0 Å². The van der Waals surface area contributed by atoms with Gasteiger partial charge in [-0.3, -0.25) is 0 Å². The summed E-state index contributed by atoms with van der Waals surface area (Å²) in [6.45, 7) is 6.96. The minimum Gasteiger partial charge on any atom is -0.494 e. The quantitative estimate of drug-likeness (QED) is 0.869. The van der Waals surface area contributed by atoms with Crippen molar-refractivity contribution in [1.29, 1.82) is 0 Å². The second-order valence-electron chi connectivity index (χ2n) is 5.24. The van der Waals surface area contributed by atoms with Gasteiger partial charge in [0.15, 0.2) is 0 Å². The summed E-state index contributed by atoms with van der Waals surface area (Å²) >= 11 is 0. The largest absolute Gasteiger partial charge is 0.494 e. The average molecular weight is 263 g/mol. The molecule has 4 heteroatoms. The molecule has 2 rings (SSSR count). The van der Waals surface area contributed by atoms with E-state index in [1.54, 1.807) is 0 Å². The van der Waals surface area contributed by atoms with Gasteiger partial charge in [-0.25, -0.2) is 0 Å². The Morgan fingerprint density at radius 2 is 2.05 bits per heavy atom. The third kappa shape index (κ3) is 3.85. The number of nitrogens with zero attached hydrogens (tertiary/aromatic N) is 2. The Morgan fingerprint density at radius 1 is 1.32 bits per heavy atom.